The van der Waals surface area contributed by atoms with E-state index in [0.29, 0.717) is 0 Å². The van der Waals surface area contributed by atoms with Crippen LogP contribution < -0.4 is 4.90 Å². The van der Waals surface area contributed by atoms with Gasteiger partial charge in [0.15, 0.2) is 0 Å². The number of anilines is 3. The maximum atomic E-state index is 6.79. The Morgan fingerprint density at radius 2 is 0.839 bits per heavy atom. The maximum absolute atomic E-state index is 6.79. The smallest absolute Gasteiger partial charge is 0.143 e. The van der Waals surface area contributed by atoms with Crippen molar-refractivity contribution in [1.29, 1.82) is 0 Å². The minimum atomic E-state index is 0.890. The molecule has 0 saturated carbocycles. The topological polar surface area (TPSA) is 16.4 Å². The van der Waals surface area contributed by atoms with Crippen LogP contribution in [0.5, 0.6) is 0 Å². The second kappa shape index (κ2) is 13.2. The highest BCUT2D eigenvalue weighted by Crippen LogP contribution is 2.46. The molecule has 0 N–H and O–H groups in total. The van der Waals surface area contributed by atoms with Gasteiger partial charge in [-0.05, 0) is 97.0 Å². The van der Waals surface area contributed by atoms with Gasteiger partial charge in [-0.3, -0.25) is 0 Å². The Morgan fingerprint density at radius 3 is 1.59 bits per heavy atom. The molecule has 262 valence electrons. The van der Waals surface area contributed by atoms with E-state index in [9.17, 15) is 0 Å². The van der Waals surface area contributed by atoms with Gasteiger partial charge in [-0.15, -0.1) is 0 Å². The van der Waals surface area contributed by atoms with Gasteiger partial charge in [0.2, 0.25) is 0 Å². The lowest BCUT2D eigenvalue weighted by molar-refractivity contribution is 0.670. The molecule has 0 unspecified atom stereocenters. The minimum Gasteiger partial charge on any atom is -0.455 e. The molecule has 0 atom stereocenters. The van der Waals surface area contributed by atoms with Crippen molar-refractivity contribution < 1.29 is 4.42 Å². The van der Waals surface area contributed by atoms with Crippen LogP contribution in [-0.2, 0) is 0 Å². The van der Waals surface area contributed by atoms with Gasteiger partial charge in [-0.1, -0.05) is 170 Å². The van der Waals surface area contributed by atoms with Gasteiger partial charge < -0.3 is 9.32 Å². The van der Waals surface area contributed by atoms with Crippen molar-refractivity contribution in [2.24, 2.45) is 0 Å². The van der Waals surface area contributed by atoms with E-state index in [1.54, 1.807) is 0 Å². The molecule has 0 aliphatic carbocycles. The number of fused-ring (bicyclic) bond motifs is 6. The van der Waals surface area contributed by atoms with Crippen molar-refractivity contribution in [3.63, 3.8) is 0 Å². The van der Waals surface area contributed by atoms with Gasteiger partial charge in [0.1, 0.15) is 11.2 Å². The molecule has 2 nitrogen and oxygen atoms in total. The molecule has 0 amide bonds. The van der Waals surface area contributed by atoms with Crippen LogP contribution in [0, 0.1) is 0 Å². The van der Waals surface area contributed by atoms with Gasteiger partial charge in [0.05, 0.1) is 5.69 Å². The normalized spacial score (nSPS) is 11.6. The molecule has 2 heteroatoms. The zero-order valence-corrected chi connectivity index (χ0v) is 30.6. The first kappa shape index (κ1) is 32.0. The fraction of sp³-hybridized carbons (Fsp3) is 0. The Kier molecular flexibility index (Phi) is 7.53. The standard InChI is InChI=1S/C54H35NO/c1-2-16-40-35-53-51(34-39(40)15-1)50-27-12-26-49(54(50)56-53)48-23-7-8-28-52(48)55(42-31-29-38(30-32-42)46-24-10-17-36-13-3-5-21-44(36)46)43-20-9-19-41(33-43)47-25-11-18-37-14-4-6-22-45(37)47/h1-35H. The van der Waals surface area contributed by atoms with Crippen LogP contribution in [0.15, 0.2) is 217 Å². The van der Waals surface area contributed by atoms with Gasteiger partial charge in [0, 0.05) is 33.3 Å². The fourth-order valence-electron chi connectivity index (χ4n) is 8.58. The molecular weight excluding hydrogens is 679 g/mol. The van der Waals surface area contributed by atoms with Crippen LogP contribution in [0.1, 0.15) is 0 Å². The summed E-state index contributed by atoms with van der Waals surface area (Å²) in [6, 6.07) is 76.5. The van der Waals surface area contributed by atoms with E-state index in [2.05, 4.69) is 217 Å². The van der Waals surface area contributed by atoms with E-state index in [0.717, 1.165) is 50.1 Å². The minimum absolute atomic E-state index is 0.890. The highest BCUT2D eigenvalue weighted by molar-refractivity contribution is 6.14. The van der Waals surface area contributed by atoms with Crippen LogP contribution in [0.2, 0.25) is 0 Å². The van der Waals surface area contributed by atoms with E-state index in [1.165, 1.54) is 54.6 Å². The average molecular weight is 714 g/mol. The summed E-state index contributed by atoms with van der Waals surface area (Å²) in [5.74, 6) is 0. The number of para-hydroxylation sites is 2. The number of furan rings is 1. The molecule has 1 aromatic heterocycles. The van der Waals surface area contributed by atoms with Crippen LogP contribution in [0.3, 0.4) is 0 Å². The van der Waals surface area contributed by atoms with Gasteiger partial charge in [-0.2, -0.15) is 0 Å². The Hall–Kier alpha value is -7.42. The molecule has 11 aromatic rings. The molecular formula is C54H35NO. The lowest BCUT2D eigenvalue weighted by atomic mass is 9.96. The fourth-order valence-corrected chi connectivity index (χ4v) is 8.58. The number of nitrogens with zero attached hydrogens (tertiary/aromatic N) is 1. The Morgan fingerprint density at radius 1 is 0.304 bits per heavy atom. The van der Waals surface area contributed by atoms with Crippen LogP contribution in [0.25, 0.3) is 87.6 Å². The molecule has 0 bridgehead atoms. The van der Waals surface area contributed by atoms with E-state index >= 15 is 0 Å². The molecule has 0 aliphatic rings. The third kappa shape index (κ3) is 5.34. The lowest BCUT2D eigenvalue weighted by Gasteiger charge is -2.28. The number of rotatable bonds is 6. The highest BCUT2D eigenvalue weighted by Gasteiger charge is 2.21. The van der Waals surface area contributed by atoms with Crippen molar-refractivity contribution in [2.45, 2.75) is 0 Å². The summed E-state index contributed by atoms with van der Waals surface area (Å²) in [6.45, 7) is 0. The van der Waals surface area contributed by atoms with E-state index < -0.39 is 0 Å². The van der Waals surface area contributed by atoms with Crippen LogP contribution >= 0.6 is 0 Å². The average Bonchev–Trinajstić information content (AvgIpc) is 3.63. The Bertz CT molecular complexity index is 3250. The zero-order valence-electron chi connectivity index (χ0n) is 30.6. The second-order valence-corrected chi connectivity index (χ2v) is 14.5. The SMILES string of the molecule is c1cc(-c2cccc3ccccc23)cc(N(c2ccc(-c3cccc4ccccc34)cc2)c2ccccc2-c2cccc3c2oc2cc4ccccc4cc23)c1. The summed E-state index contributed by atoms with van der Waals surface area (Å²) in [6.07, 6.45) is 0. The first-order valence-electron chi connectivity index (χ1n) is 19.2. The largest absolute Gasteiger partial charge is 0.455 e. The predicted octanol–water partition coefficient (Wildman–Crippen LogP) is 15.5. The maximum Gasteiger partial charge on any atom is 0.143 e. The van der Waals surface area contributed by atoms with Gasteiger partial charge in [-0.25, -0.2) is 0 Å². The molecule has 56 heavy (non-hydrogen) atoms. The first-order chi connectivity index (χ1) is 27.8. The molecule has 1 heterocycles. The molecule has 10 aromatic carbocycles. The molecule has 0 fully saturated rings. The van der Waals surface area contributed by atoms with Crippen LogP contribution in [-0.4, -0.2) is 0 Å². The van der Waals surface area contributed by atoms with Gasteiger partial charge in [0.25, 0.3) is 0 Å². The van der Waals surface area contributed by atoms with E-state index in [1.807, 2.05) is 0 Å². The molecule has 0 spiro atoms. The highest BCUT2D eigenvalue weighted by atomic mass is 16.3. The Balaban J connectivity index is 1.11. The van der Waals surface area contributed by atoms with Crippen molar-refractivity contribution in [1.82, 2.24) is 0 Å². The Labute approximate surface area is 325 Å². The summed E-state index contributed by atoms with van der Waals surface area (Å²) in [7, 11) is 0. The zero-order chi connectivity index (χ0) is 37.0. The molecule has 11 rings (SSSR count). The quantitative estimate of drug-likeness (QED) is 0.171. The number of hydrogen-bond acceptors (Lipinski definition) is 2. The monoisotopic (exact) mass is 713 g/mol. The second-order valence-electron chi connectivity index (χ2n) is 14.5. The summed E-state index contributed by atoms with van der Waals surface area (Å²) in [5, 5.41) is 9.57. The molecule has 0 saturated heterocycles. The third-order valence-electron chi connectivity index (χ3n) is 11.2. The van der Waals surface area contributed by atoms with Crippen molar-refractivity contribution in [3.05, 3.63) is 212 Å². The van der Waals surface area contributed by atoms with Crippen molar-refractivity contribution >= 4 is 71.3 Å². The summed E-state index contributed by atoms with van der Waals surface area (Å²) < 4.78 is 6.79. The van der Waals surface area contributed by atoms with E-state index in [4.69, 9.17) is 4.42 Å². The third-order valence-corrected chi connectivity index (χ3v) is 11.2. The predicted molar refractivity (Wildman–Crippen MR) is 237 cm³/mol. The summed E-state index contributed by atoms with van der Waals surface area (Å²) in [4.78, 5) is 2.40. The summed E-state index contributed by atoms with van der Waals surface area (Å²) in [5.41, 5.74) is 11.9. The first-order valence-corrected chi connectivity index (χ1v) is 19.2. The van der Waals surface area contributed by atoms with Crippen molar-refractivity contribution in [2.75, 3.05) is 4.90 Å². The number of hydrogen-bond donors (Lipinski definition) is 0. The van der Waals surface area contributed by atoms with Crippen LogP contribution in [0.4, 0.5) is 17.1 Å². The van der Waals surface area contributed by atoms with E-state index in [-0.39, 0.29) is 0 Å². The lowest BCUT2D eigenvalue weighted by Crippen LogP contribution is -2.11. The van der Waals surface area contributed by atoms with Crippen molar-refractivity contribution in [3.8, 4) is 33.4 Å². The number of benzene rings is 10. The molecule has 0 radical (unpaired) electrons. The summed E-state index contributed by atoms with van der Waals surface area (Å²) >= 11 is 0. The van der Waals surface area contributed by atoms with Gasteiger partial charge >= 0.3 is 0 Å². The molecule has 0 aliphatic heterocycles.